The van der Waals surface area contributed by atoms with Gasteiger partial charge in [-0.3, -0.25) is 0 Å². The number of ether oxygens (including phenoxy) is 1. The number of sulfone groups is 1. The summed E-state index contributed by atoms with van der Waals surface area (Å²) in [5.74, 6) is -0.0743. The zero-order chi connectivity index (χ0) is 13.8. The Morgan fingerprint density at radius 1 is 1.44 bits per heavy atom. The highest BCUT2D eigenvalue weighted by Crippen LogP contribution is 2.28. The van der Waals surface area contributed by atoms with Crippen LogP contribution in [0.25, 0.3) is 0 Å². The van der Waals surface area contributed by atoms with E-state index in [1.807, 2.05) is 0 Å². The SMILES string of the molecule is CCS(=O)(=O)CCCOc1cc(F)c(Br)cc1N. The Balaban J connectivity index is 2.52. The predicted molar refractivity (Wildman–Crippen MR) is 73.0 cm³/mol. The van der Waals surface area contributed by atoms with E-state index >= 15 is 0 Å². The van der Waals surface area contributed by atoms with E-state index in [1.54, 1.807) is 6.92 Å². The van der Waals surface area contributed by atoms with Crippen LogP contribution in [0.1, 0.15) is 13.3 Å². The number of hydrogen-bond acceptors (Lipinski definition) is 4. The van der Waals surface area contributed by atoms with E-state index in [1.165, 1.54) is 12.1 Å². The van der Waals surface area contributed by atoms with Crippen molar-refractivity contribution >= 4 is 31.5 Å². The third-order valence-corrected chi connectivity index (χ3v) is 4.75. The van der Waals surface area contributed by atoms with Crippen LogP contribution in [0.4, 0.5) is 10.1 Å². The van der Waals surface area contributed by atoms with Crippen LogP contribution in [0.3, 0.4) is 0 Å². The molecule has 0 fully saturated rings. The fraction of sp³-hybridized carbons (Fsp3) is 0.455. The van der Waals surface area contributed by atoms with Gasteiger partial charge in [0.15, 0.2) is 0 Å². The minimum absolute atomic E-state index is 0.0580. The maximum absolute atomic E-state index is 13.2. The highest BCUT2D eigenvalue weighted by atomic mass is 79.9. The van der Waals surface area contributed by atoms with Gasteiger partial charge in [-0.05, 0) is 28.4 Å². The number of nitrogen functional groups attached to an aromatic ring is 1. The van der Waals surface area contributed by atoms with Gasteiger partial charge in [-0.25, -0.2) is 12.8 Å². The van der Waals surface area contributed by atoms with Gasteiger partial charge in [0.05, 0.1) is 22.5 Å². The first-order valence-electron chi connectivity index (χ1n) is 5.43. The summed E-state index contributed by atoms with van der Waals surface area (Å²) in [6.07, 6.45) is 0.354. The lowest BCUT2D eigenvalue weighted by Gasteiger charge is -2.09. The fourth-order valence-electron chi connectivity index (χ4n) is 1.27. The van der Waals surface area contributed by atoms with Gasteiger partial charge in [-0.2, -0.15) is 0 Å². The molecule has 102 valence electrons. The molecular weight excluding hydrogens is 325 g/mol. The molecule has 1 aromatic carbocycles. The molecule has 1 rings (SSSR count). The van der Waals surface area contributed by atoms with Crippen molar-refractivity contribution in [1.82, 2.24) is 0 Å². The lowest BCUT2D eigenvalue weighted by Crippen LogP contribution is -2.12. The van der Waals surface area contributed by atoms with E-state index in [2.05, 4.69) is 15.9 Å². The molecule has 0 atom stereocenters. The number of rotatable bonds is 6. The maximum Gasteiger partial charge on any atom is 0.150 e. The molecule has 0 amide bonds. The Kier molecular flexibility index (Phi) is 5.40. The van der Waals surface area contributed by atoms with Crippen LogP contribution < -0.4 is 10.5 Å². The van der Waals surface area contributed by atoms with Crippen molar-refractivity contribution in [3.05, 3.63) is 22.4 Å². The molecule has 1 aromatic rings. The van der Waals surface area contributed by atoms with Crippen LogP contribution in [-0.2, 0) is 9.84 Å². The van der Waals surface area contributed by atoms with Gasteiger partial charge in [0.25, 0.3) is 0 Å². The quantitative estimate of drug-likeness (QED) is 0.638. The maximum atomic E-state index is 13.2. The lowest BCUT2D eigenvalue weighted by molar-refractivity contribution is 0.317. The van der Waals surface area contributed by atoms with Crippen molar-refractivity contribution in [2.75, 3.05) is 23.8 Å². The normalized spacial score (nSPS) is 11.5. The zero-order valence-electron chi connectivity index (χ0n) is 9.95. The first-order chi connectivity index (χ1) is 8.35. The summed E-state index contributed by atoms with van der Waals surface area (Å²) in [6, 6.07) is 2.58. The van der Waals surface area contributed by atoms with E-state index in [4.69, 9.17) is 10.5 Å². The van der Waals surface area contributed by atoms with Gasteiger partial charge in [-0.15, -0.1) is 0 Å². The van der Waals surface area contributed by atoms with Crippen molar-refractivity contribution in [2.45, 2.75) is 13.3 Å². The molecule has 2 N–H and O–H groups in total. The van der Waals surface area contributed by atoms with E-state index in [-0.39, 0.29) is 28.3 Å². The molecule has 0 bridgehead atoms. The molecule has 0 aromatic heterocycles. The number of nitrogens with two attached hydrogens (primary N) is 1. The standard InChI is InChI=1S/C11H15BrFNO3S/c1-2-18(15,16)5-3-4-17-11-7-9(13)8(12)6-10(11)14/h6-7H,2-5,14H2,1H3. The molecule has 0 radical (unpaired) electrons. The molecule has 7 heteroatoms. The second-order valence-electron chi connectivity index (χ2n) is 3.74. The number of benzene rings is 1. The average Bonchev–Trinajstić information content (AvgIpc) is 2.31. The second-order valence-corrected chi connectivity index (χ2v) is 7.07. The fourth-order valence-corrected chi connectivity index (χ4v) is 2.48. The summed E-state index contributed by atoms with van der Waals surface area (Å²) in [6.45, 7) is 1.78. The van der Waals surface area contributed by atoms with Crippen molar-refractivity contribution in [2.24, 2.45) is 0 Å². The highest BCUT2D eigenvalue weighted by Gasteiger charge is 2.09. The molecular formula is C11H15BrFNO3S. The van der Waals surface area contributed by atoms with Crippen LogP contribution in [0.15, 0.2) is 16.6 Å². The third-order valence-electron chi connectivity index (χ3n) is 2.35. The molecule has 0 spiro atoms. The third kappa shape index (κ3) is 4.45. The van der Waals surface area contributed by atoms with Gasteiger partial charge in [0.1, 0.15) is 21.4 Å². The zero-order valence-corrected chi connectivity index (χ0v) is 12.4. The Morgan fingerprint density at radius 3 is 2.72 bits per heavy atom. The Bertz CT molecular complexity index is 519. The molecule has 0 aliphatic heterocycles. The van der Waals surface area contributed by atoms with Crippen molar-refractivity contribution in [1.29, 1.82) is 0 Å². The topological polar surface area (TPSA) is 69.4 Å². The number of anilines is 1. The first kappa shape index (κ1) is 15.2. The van der Waals surface area contributed by atoms with Crippen molar-refractivity contribution < 1.29 is 17.5 Å². The van der Waals surface area contributed by atoms with Crippen LogP contribution >= 0.6 is 15.9 Å². The van der Waals surface area contributed by atoms with Gasteiger partial charge in [0, 0.05) is 11.8 Å². The summed E-state index contributed by atoms with van der Waals surface area (Å²) in [4.78, 5) is 0. The smallest absolute Gasteiger partial charge is 0.150 e. The Hall–Kier alpha value is -0.820. The van der Waals surface area contributed by atoms with Crippen LogP contribution in [-0.4, -0.2) is 26.5 Å². The molecule has 0 heterocycles. The van der Waals surface area contributed by atoms with Gasteiger partial charge in [-0.1, -0.05) is 6.92 Å². The summed E-state index contributed by atoms with van der Waals surface area (Å²) >= 11 is 3.01. The Morgan fingerprint density at radius 2 is 2.11 bits per heavy atom. The van der Waals surface area contributed by atoms with Crippen LogP contribution in [0, 0.1) is 5.82 Å². The Labute approximate surface area is 114 Å². The average molecular weight is 340 g/mol. The summed E-state index contributed by atoms with van der Waals surface area (Å²) < 4.78 is 41.2. The molecule has 4 nitrogen and oxygen atoms in total. The summed E-state index contributed by atoms with van der Waals surface area (Å²) in [7, 11) is -2.99. The molecule has 0 aliphatic carbocycles. The lowest BCUT2D eigenvalue weighted by atomic mass is 10.3. The molecule has 0 unspecified atom stereocenters. The highest BCUT2D eigenvalue weighted by molar-refractivity contribution is 9.10. The minimum atomic E-state index is -2.99. The van der Waals surface area contributed by atoms with E-state index in [0.29, 0.717) is 12.1 Å². The van der Waals surface area contributed by atoms with Gasteiger partial charge < -0.3 is 10.5 Å². The van der Waals surface area contributed by atoms with Gasteiger partial charge in [0.2, 0.25) is 0 Å². The summed E-state index contributed by atoms with van der Waals surface area (Å²) in [5.41, 5.74) is 5.95. The largest absolute Gasteiger partial charge is 0.491 e. The van der Waals surface area contributed by atoms with E-state index in [0.717, 1.165) is 0 Å². The van der Waals surface area contributed by atoms with Crippen LogP contribution in [0.5, 0.6) is 5.75 Å². The molecule has 0 aliphatic rings. The second kappa shape index (κ2) is 6.38. The monoisotopic (exact) mass is 339 g/mol. The number of halogens is 2. The predicted octanol–water partition coefficient (Wildman–Crippen LogP) is 2.37. The van der Waals surface area contributed by atoms with Crippen LogP contribution in [0.2, 0.25) is 0 Å². The van der Waals surface area contributed by atoms with Crippen molar-refractivity contribution in [3.8, 4) is 5.75 Å². The minimum Gasteiger partial charge on any atom is -0.491 e. The first-order valence-corrected chi connectivity index (χ1v) is 8.05. The number of hydrogen-bond donors (Lipinski definition) is 1. The molecule has 0 saturated carbocycles. The molecule has 18 heavy (non-hydrogen) atoms. The van der Waals surface area contributed by atoms with Gasteiger partial charge >= 0.3 is 0 Å². The van der Waals surface area contributed by atoms with E-state index < -0.39 is 15.7 Å². The molecule has 0 saturated heterocycles. The van der Waals surface area contributed by atoms with E-state index in [9.17, 15) is 12.8 Å². The van der Waals surface area contributed by atoms with Crippen molar-refractivity contribution in [3.63, 3.8) is 0 Å². The summed E-state index contributed by atoms with van der Waals surface area (Å²) in [5, 5.41) is 0.